The SMILES string of the molecule is CCCCOc1cc(N=O)c(COC(=O)CCCCS)cc1OC. The van der Waals surface area contributed by atoms with Crippen molar-refractivity contribution in [3.8, 4) is 11.5 Å². The first-order valence-electron chi connectivity index (χ1n) is 8.09. The minimum Gasteiger partial charge on any atom is -0.493 e. The van der Waals surface area contributed by atoms with Gasteiger partial charge in [-0.25, -0.2) is 0 Å². The third kappa shape index (κ3) is 6.78. The summed E-state index contributed by atoms with van der Waals surface area (Å²) in [7, 11) is 1.52. The Morgan fingerprint density at radius 3 is 2.62 bits per heavy atom. The van der Waals surface area contributed by atoms with Gasteiger partial charge in [0, 0.05) is 18.1 Å². The Morgan fingerprint density at radius 1 is 1.21 bits per heavy atom. The molecule has 0 aliphatic rings. The van der Waals surface area contributed by atoms with Gasteiger partial charge in [0.05, 0.1) is 13.7 Å². The number of methoxy groups -OCH3 is 1. The summed E-state index contributed by atoms with van der Waals surface area (Å²) >= 11 is 4.10. The first-order valence-corrected chi connectivity index (χ1v) is 8.73. The molecule has 0 heterocycles. The van der Waals surface area contributed by atoms with Crippen LogP contribution in [0.25, 0.3) is 0 Å². The van der Waals surface area contributed by atoms with Gasteiger partial charge in [0.25, 0.3) is 0 Å². The van der Waals surface area contributed by atoms with E-state index in [1.165, 1.54) is 13.2 Å². The van der Waals surface area contributed by atoms with Gasteiger partial charge in [0.1, 0.15) is 12.3 Å². The maximum absolute atomic E-state index is 11.7. The number of unbranched alkanes of at least 4 members (excludes halogenated alkanes) is 2. The van der Waals surface area contributed by atoms with Gasteiger partial charge in [-0.1, -0.05) is 13.3 Å². The number of thiol groups is 1. The molecule has 1 aromatic rings. The molecule has 0 unspecified atom stereocenters. The average molecular weight is 355 g/mol. The fourth-order valence-electron chi connectivity index (χ4n) is 2.00. The fourth-order valence-corrected chi connectivity index (χ4v) is 2.23. The second-order valence-electron chi connectivity index (χ2n) is 5.27. The number of carbonyl (C=O) groups excluding carboxylic acids is 1. The lowest BCUT2D eigenvalue weighted by Gasteiger charge is -2.13. The van der Waals surface area contributed by atoms with Crippen LogP contribution in [0.2, 0.25) is 0 Å². The Bertz CT molecular complexity index is 536. The van der Waals surface area contributed by atoms with E-state index < -0.39 is 0 Å². The van der Waals surface area contributed by atoms with Crippen LogP contribution >= 0.6 is 12.6 Å². The van der Waals surface area contributed by atoms with E-state index in [2.05, 4.69) is 24.7 Å². The molecule has 0 aliphatic heterocycles. The van der Waals surface area contributed by atoms with Crippen molar-refractivity contribution < 1.29 is 19.0 Å². The van der Waals surface area contributed by atoms with Crippen LogP contribution in [0.4, 0.5) is 5.69 Å². The Labute approximate surface area is 148 Å². The zero-order valence-electron chi connectivity index (χ0n) is 14.2. The molecule has 0 fully saturated rings. The molecular weight excluding hydrogens is 330 g/mol. The molecule has 0 amide bonds. The highest BCUT2D eigenvalue weighted by Crippen LogP contribution is 2.35. The van der Waals surface area contributed by atoms with Crippen molar-refractivity contribution in [2.24, 2.45) is 5.18 Å². The van der Waals surface area contributed by atoms with Crippen LogP contribution in [-0.4, -0.2) is 25.4 Å². The quantitative estimate of drug-likeness (QED) is 0.260. The smallest absolute Gasteiger partial charge is 0.306 e. The second-order valence-corrected chi connectivity index (χ2v) is 5.71. The van der Waals surface area contributed by atoms with Crippen LogP contribution in [0.1, 0.15) is 44.6 Å². The van der Waals surface area contributed by atoms with Crippen molar-refractivity contribution in [3.63, 3.8) is 0 Å². The first kappa shape index (κ1) is 20.3. The van der Waals surface area contributed by atoms with E-state index in [1.54, 1.807) is 6.07 Å². The Balaban J connectivity index is 2.75. The van der Waals surface area contributed by atoms with Crippen molar-refractivity contribution >= 4 is 24.3 Å². The van der Waals surface area contributed by atoms with Crippen LogP contribution in [0, 0.1) is 4.91 Å². The Kier molecular flexibility index (Phi) is 9.91. The number of ether oxygens (including phenoxy) is 3. The lowest BCUT2D eigenvalue weighted by molar-refractivity contribution is -0.145. The second kappa shape index (κ2) is 11.7. The molecule has 1 rings (SSSR count). The largest absolute Gasteiger partial charge is 0.493 e. The summed E-state index contributed by atoms with van der Waals surface area (Å²) < 4.78 is 16.1. The number of rotatable bonds is 12. The highest BCUT2D eigenvalue weighted by atomic mass is 32.1. The molecule has 0 saturated carbocycles. The molecule has 0 radical (unpaired) electrons. The van der Waals surface area contributed by atoms with Crippen LogP contribution in [0.5, 0.6) is 11.5 Å². The van der Waals surface area contributed by atoms with Gasteiger partial charge in [0.2, 0.25) is 0 Å². The van der Waals surface area contributed by atoms with E-state index >= 15 is 0 Å². The van der Waals surface area contributed by atoms with Crippen molar-refractivity contribution in [1.29, 1.82) is 0 Å². The summed E-state index contributed by atoms with van der Waals surface area (Å²) in [4.78, 5) is 22.7. The molecule has 7 heteroatoms. The van der Waals surface area contributed by atoms with E-state index in [0.29, 0.717) is 30.1 Å². The zero-order valence-corrected chi connectivity index (χ0v) is 15.1. The normalized spacial score (nSPS) is 10.3. The molecule has 0 bridgehead atoms. The Morgan fingerprint density at radius 2 is 2.00 bits per heavy atom. The van der Waals surface area contributed by atoms with Gasteiger partial charge in [-0.15, -0.1) is 4.91 Å². The monoisotopic (exact) mass is 355 g/mol. The van der Waals surface area contributed by atoms with Crippen LogP contribution < -0.4 is 9.47 Å². The topological polar surface area (TPSA) is 74.2 Å². The van der Waals surface area contributed by atoms with E-state index in [4.69, 9.17) is 14.2 Å². The van der Waals surface area contributed by atoms with Crippen molar-refractivity contribution in [2.45, 2.75) is 45.6 Å². The maximum atomic E-state index is 11.7. The van der Waals surface area contributed by atoms with E-state index in [9.17, 15) is 9.70 Å². The summed E-state index contributed by atoms with van der Waals surface area (Å²) in [6.07, 6.45) is 3.83. The number of carbonyl (C=O) groups is 1. The van der Waals surface area contributed by atoms with E-state index in [-0.39, 0.29) is 18.3 Å². The van der Waals surface area contributed by atoms with Gasteiger partial charge in [-0.05, 0) is 36.3 Å². The van der Waals surface area contributed by atoms with E-state index in [1.807, 2.05) is 0 Å². The number of esters is 1. The van der Waals surface area contributed by atoms with Crippen molar-refractivity contribution in [3.05, 3.63) is 22.6 Å². The third-order valence-electron chi connectivity index (χ3n) is 3.40. The molecule has 1 aromatic carbocycles. The van der Waals surface area contributed by atoms with Crippen molar-refractivity contribution in [1.82, 2.24) is 0 Å². The van der Waals surface area contributed by atoms with Gasteiger partial charge >= 0.3 is 5.97 Å². The molecule has 0 spiro atoms. The third-order valence-corrected chi connectivity index (χ3v) is 3.71. The maximum Gasteiger partial charge on any atom is 0.306 e. The molecule has 24 heavy (non-hydrogen) atoms. The summed E-state index contributed by atoms with van der Waals surface area (Å²) in [6.45, 7) is 2.57. The van der Waals surface area contributed by atoms with Crippen LogP contribution in [0.3, 0.4) is 0 Å². The number of nitroso groups, excluding NO2 is 1. The molecule has 6 nitrogen and oxygen atoms in total. The number of nitrogens with zero attached hydrogens (tertiary/aromatic N) is 1. The zero-order chi connectivity index (χ0) is 17.8. The molecule has 134 valence electrons. The summed E-state index contributed by atoms with van der Waals surface area (Å²) in [6, 6.07) is 3.14. The highest BCUT2D eigenvalue weighted by Gasteiger charge is 2.14. The van der Waals surface area contributed by atoms with Gasteiger partial charge in [-0.2, -0.15) is 12.6 Å². The molecule has 0 aromatic heterocycles. The Hall–Kier alpha value is -1.76. The predicted molar refractivity (Wildman–Crippen MR) is 96.4 cm³/mol. The van der Waals surface area contributed by atoms with Crippen molar-refractivity contribution in [2.75, 3.05) is 19.5 Å². The molecular formula is C17H25NO5S. The molecule has 0 aliphatic carbocycles. The van der Waals surface area contributed by atoms with Crippen LogP contribution in [-0.2, 0) is 16.1 Å². The standard InChI is InChI=1S/C17H25NO5S/c1-3-4-8-22-16-11-14(18-20)13(10-15(16)21-2)12-23-17(19)7-5-6-9-24/h10-11,24H,3-9,12H2,1-2H3. The number of hydrogen-bond donors (Lipinski definition) is 1. The molecule has 0 saturated heterocycles. The van der Waals surface area contributed by atoms with E-state index in [0.717, 1.165) is 31.4 Å². The predicted octanol–water partition coefficient (Wildman–Crippen LogP) is 4.42. The minimum atomic E-state index is -0.309. The van der Waals surface area contributed by atoms with Gasteiger partial charge < -0.3 is 14.2 Å². The van der Waals surface area contributed by atoms with Gasteiger partial charge in [-0.3, -0.25) is 4.79 Å². The number of benzene rings is 1. The first-order chi connectivity index (χ1) is 11.7. The number of hydrogen-bond acceptors (Lipinski definition) is 7. The lowest BCUT2D eigenvalue weighted by Crippen LogP contribution is -2.05. The molecule has 0 N–H and O–H groups in total. The average Bonchev–Trinajstić information content (AvgIpc) is 2.60. The molecule has 0 atom stereocenters. The lowest BCUT2D eigenvalue weighted by atomic mass is 10.1. The fraction of sp³-hybridized carbons (Fsp3) is 0.588. The summed E-state index contributed by atoms with van der Waals surface area (Å²) in [5.41, 5.74) is 0.678. The minimum absolute atomic E-state index is 0.0214. The summed E-state index contributed by atoms with van der Waals surface area (Å²) in [5.74, 6) is 1.38. The van der Waals surface area contributed by atoms with Gasteiger partial charge in [0.15, 0.2) is 11.5 Å². The highest BCUT2D eigenvalue weighted by molar-refractivity contribution is 7.80. The van der Waals surface area contributed by atoms with Crippen LogP contribution in [0.15, 0.2) is 17.3 Å². The summed E-state index contributed by atoms with van der Waals surface area (Å²) in [5, 5.41) is 3.00.